The van der Waals surface area contributed by atoms with E-state index < -0.39 is 35.7 Å². The molecule has 2 aromatic rings. The van der Waals surface area contributed by atoms with Gasteiger partial charge in [0.1, 0.15) is 5.75 Å². The van der Waals surface area contributed by atoms with Gasteiger partial charge in [0.15, 0.2) is 17.8 Å². The molecule has 0 radical (unpaired) electrons. The highest BCUT2D eigenvalue weighted by Gasteiger charge is 2.41. The van der Waals surface area contributed by atoms with Crippen molar-refractivity contribution in [2.45, 2.75) is 18.9 Å². The fourth-order valence-electron chi connectivity index (χ4n) is 2.94. The molecule has 3 unspecified atom stereocenters. The van der Waals surface area contributed by atoms with Crippen molar-refractivity contribution in [1.82, 2.24) is 0 Å². The highest BCUT2D eigenvalue weighted by atomic mass is 79.9. The molecule has 0 aliphatic rings. The van der Waals surface area contributed by atoms with Crippen LogP contribution in [0.1, 0.15) is 18.4 Å². The van der Waals surface area contributed by atoms with Gasteiger partial charge in [-0.25, -0.2) is 4.79 Å². The molecule has 0 bridgehead atoms. The molecule has 1 N–H and O–H groups in total. The zero-order chi connectivity index (χ0) is 21.0. The summed E-state index contributed by atoms with van der Waals surface area (Å²) in [4.78, 5) is 36.6. The van der Waals surface area contributed by atoms with Gasteiger partial charge in [-0.15, -0.1) is 0 Å². The number of hydrogen-bond acceptors (Lipinski definition) is 7. The summed E-state index contributed by atoms with van der Waals surface area (Å²) >= 11 is 3.49. The van der Waals surface area contributed by atoms with E-state index in [0.29, 0.717) is 11.3 Å². The van der Waals surface area contributed by atoms with Crippen molar-refractivity contribution in [2.75, 3.05) is 21.3 Å². The number of carbonyl (C=O) groups is 3. The Balaban J connectivity index is 2.41. The van der Waals surface area contributed by atoms with Crippen LogP contribution in [-0.4, -0.2) is 50.3 Å². The van der Waals surface area contributed by atoms with Crippen molar-refractivity contribution in [3.63, 3.8) is 0 Å². The lowest BCUT2D eigenvalue weighted by Crippen LogP contribution is -2.43. The van der Waals surface area contributed by atoms with Crippen LogP contribution in [0.3, 0.4) is 0 Å². The summed E-state index contributed by atoms with van der Waals surface area (Å²) in [6.45, 7) is 1.60. The second-order valence-electron chi connectivity index (χ2n) is 6.16. The molecule has 0 heterocycles. The van der Waals surface area contributed by atoms with Crippen molar-refractivity contribution >= 4 is 44.4 Å². The van der Waals surface area contributed by atoms with Gasteiger partial charge >= 0.3 is 11.9 Å². The minimum atomic E-state index is -1.94. The largest absolute Gasteiger partial charge is 0.496 e. The van der Waals surface area contributed by atoms with E-state index in [1.54, 1.807) is 32.2 Å². The van der Waals surface area contributed by atoms with Crippen LogP contribution in [0.25, 0.3) is 10.8 Å². The normalized spacial score (nSPS) is 14.1. The highest BCUT2D eigenvalue weighted by molar-refractivity contribution is 9.10. The molecule has 7 nitrogen and oxygen atoms in total. The Kier molecular flexibility index (Phi) is 7.15. The number of ketones is 1. The lowest BCUT2D eigenvalue weighted by Gasteiger charge is -2.21. The first-order valence-electron chi connectivity index (χ1n) is 8.40. The van der Waals surface area contributed by atoms with Gasteiger partial charge in [0.05, 0.1) is 25.8 Å². The van der Waals surface area contributed by atoms with Gasteiger partial charge in [0.25, 0.3) is 0 Å². The summed E-state index contributed by atoms with van der Waals surface area (Å²) in [5.41, 5.74) is 0.625. The second kappa shape index (κ2) is 9.16. The molecular weight excluding hydrogens is 432 g/mol. The lowest BCUT2D eigenvalue weighted by atomic mass is 9.85. The smallest absolute Gasteiger partial charge is 0.336 e. The average Bonchev–Trinajstić information content (AvgIpc) is 2.72. The van der Waals surface area contributed by atoms with Crippen LogP contribution in [0, 0.1) is 5.92 Å². The predicted octanol–water partition coefficient (Wildman–Crippen LogP) is 2.61. The van der Waals surface area contributed by atoms with Crippen LogP contribution < -0.4 is 4.74 Å². The van der Waals surface area contributed by atoms with E-state index in [0.717, 1.165) is 29.5 Å². The minimum Gasteiger partial charge on any atom is -0.496 e. The highest BCUT2D eigenvalue weighted by Crippen LogP contribution is 2.35. The Morgan fingerprint density at radius 1 is 1.00 bits per heavy atom. The summed E-state index contributed by atoms with van der Waals surface area (Å²) in [6, 6.07) is 9.02. The summed E-state index contributed by atoms with van der Waals surface area (Å²) < 4.78 is 15.1. The van der Waals surface area contributed by atoms with Crippen molar-refractivity contribution in [1.29, 1.82) is 0 Å². The first-order chi connectivity index (χ1) is 13.3. The maximum atomic E-state index is 12.9. The van der Waals surface area contributed by atoms with Crippen molar-refractivity contribution in [3.05, 3.63) is 40.4 Å². The SMILES string of the molecule is COC(=O)C(O)C(C(=O)OC)C(=O)C(C)c1ccc2c(Br)c(OC)ccc2c1. The number of aliphatic hydroxyl groups is 1. The van der Waals surface area contributed by atoms with E-state index in [9.17, 15) is 19.5 Å². The number of halogens is 1. The van der Waals surface area contributed by atoms with Crippen LogP contribution in [0.5, 0.6) is 5.75 Å². The van der Waals surface area contributed by atoms with Crippen LogP contribution in [0.2, 0.25) is 0 Å². The Morgan fingerprint density at radius 3 is 2.21 bits per heavy atom. The van der Waals surface area contributed by atoms with Gasteiger partial charge in [-0.05, 0) is 38.3 Å². The van der Waals surface area contributed by atoms with Crippen LogP contribution in [-0.2, 0) is 23.9 Å². The van der Waals surface area contributed by atoms with E-state index in [4.69, 9.17) is 4.74 Å². The maximum absolute atomic E-state index is 12.9. The molecule has 0 aromatic heterocycles. The van der Waals surface area contributed by atoms with Gasteiger partial charge in [0, 0.05) is 5.92 Å². The molecule has 8 heteroatoms. The molecule has 2 aromatic carbocycles. The molecule has 0 spiro atoms. The van der Waals surface area contributed by atoms with E-state index >= 15 is 0 Å². The topological polar surface area (TPSA) is 99.1 Å². The van der Waals surface area contributed by atoms with Gasteiger partial charge in [0.2, 0.25) is 0 Å². The molecular formula is C20H21BrO7. The third-order valence-electron chi connectivity index (χ3n) is 4.61. The average molecular weight is 453 g/mol. The molecule has 0 saturated heterocycles. The Hall–Kier alpha value is -2.45. The zero-order valence-electron chi connectivity index (χ0n) is 15.9. The van der Waals surface area contributed by atoms with Gasteiger partial charge < -0.3 is 19.3 Å². The van der Waals surface area contributed by atoms with Crippen LogP contribution >= 0.6 is 15.9 Å². The minimum absolute atomic E-state index is 0.625. The van der Waals surface area contributed by atoms with Crippen molar-refractivity contribution < 1.29 is 33.7 Å². The standard InChI is InChI=1S/C20H21BrO7/c1-10(17(22)15(19(24)27-3)18(23)20(25)28-4)11-5-7-13-12(9-11)6-8-14(26-2)16(13)21/h5-10,15,18,23H,1-4H3. The quantitative estimate of drug-likeness (QED) is 0.508. The fraction of sp³-hybridized carbons (Fsp3) is 0.350. The number of carbonyl (C=O) groups excluding carboxylic acids is 3. The van der Waals surface area contributed by atoms with Crippen molar-refractivity contribution in [3.8, 4) is 5.75 Å². The number of methoxy groups -OCH3 is 3. The van der Waals surface area contributed by atoms with Gasteiger partial charge in [-0.2, -0.15) is 0 Å². The summed E-state index contributed by atoms with van der Waals surface area (Å²) in [7, 11) is 3.71. The monoisotopic (exact) mass is 452 g/mol. The lowest BCUT2D eigenvalue weighted by molar-refractivity contribution is -0.166. The number of esters is 2. The summed E-state index contributed by atoms with van der Waals surface area (Å²) in [5.74, 6) is -4.49. The third-order valence-corrected chi connectivity index (χ3v) is 5.43. The summed E-state index contributed by atoms with van der Waals surface area (Å²) in [5, 5.41) is 11.8. The van der Waals surface area contributed by atoms with Gasteiger partial charge in [-0.1, -0.05) is 31.2 Å². The van der Waals surface area contributed by atoms with E-state index in [-0.39, 0.29) is 0 Å². The zero-order valence-corrected chi connectivity index (χ0v) is 17.5. The van der Waals surface area contributed by atoms with E-state index in [2.05, 4.69) is 25.4 Å². The third kappa shape index (κ3) is 4.18. The summed E-state index contributed by atoms with van der Waals surface area (Å²) in [6.07, 6.45) is -1.94. The number of benzene rings is 2. The molecule has 0 aliphatic carbocycles. The predicted molar refractivity (Wildman–Crippen MR) is 105 cm³/mol. The fourth-order valence-corrected chi connectivity index (χ4v) is 3.59. The first-order valence-corrected chi connectivity index (χ1v) is 9.19. The number of fused-ring (bicyclic) bond motifs is 1. The Bertz CT molecular complexity index is 909. The molecule has 2 rings (SSSR count). The number of rotatable bonds is 7. The molecule has 0 saturated carbocycles. The van der Waals surface area contributed by atoms with Crippen LogP contribution in [0.4, 0.5) is 0 Å². The first kappa shape index (κ1) is 21.8. The molecule has 150 valence electrons. The van der Waals surface area contributed by atoms with Gasteiger partial charge in [-0.3, -0.25) is 9.59 Å². The Labute approximate surface area is 170 Å². The number of aliphatic hydroxyl groups excluding tert-OH is 1. The molecule has 0 amide bonds. The van der Waals surface area contributed by atoms with E-state index in [1.807, 2.05) is 12.1 Å². The number of hydrogen-bond donors (Lipinski definition) is 1. The van der Waals surface area contributed by atoms with E-state index in [1.165, 1.54) is 0 Å². The maximum Gasteiger partial charge on any atom is 0.336 e. The Morgan fingerprint density at radius 2 is 1.64 bits per heavy atom. The molecule has 0 fully saturated rings. The number of ether oxygens (including phenoxy) is 3. The number of Topliss-reactive ketones (excluding diaryl/α,β-unsaturated/α-hetero) is 1. The molecule has 0 aliphatic heterocycles. The van der Waals surface area contributed by atoms with Crippen molar-refractivity contribution in [2.24, 2.45) is 5.92 Å². The second-order valence-corrected chi connectivity index (χ2v) is 6.95. The molecule has 3 atom stereocenters. The van der Waals surface area contributed by atoms with Crippen LogP contribution in [0.15, 0.2) is 34.8 Å². The molecule has 28 heavy (non-hydrogen) atoms.